The molecule has 0 saturated carbocycles. The maximum Gasteiger partial charge on any atom is 0.220 e. The SMILES string of the molecule is CC/C=C\C/C=C\C/C=C\C/C=C\C/C=C\C/C=C\C/C=C\C/C=C\CCCCCCCCCCCCCCC(=O)NC(COC1OC(CO)C(OC2OC(CO)C(OC3OC(CO)C(O)C(O)C3O)C(O)C2O)C(O)C1O)C(O)/C=C/CC/C=C/CC/C=C/CCCCCCCCCCCCCCCCC. The van der Waals surface area contributed by atoms with Gasteiger partial charge in [0.2, 0.25) is 5.91 Å². The van der Waals surface area contributed by atoms with Gasteiger partial charge in [0.15, 0.2) is 18.9 Å². The van der Waals surface area contributed by atoms with Crippen LogP contribution in [0.25, 0.3) is 0 Å². The third-order valence-corrected chi connectivity index (χ3v) is 19.9. The highest BCUT2D eigenvalue weighted by molar-refractivity contribution is 5.76. The summed E-state index contributed by atoms with van der Waals surface area (Å²) in [4.78, 5) is 13.5. The lowest BCUT2D eigenvalue weighted by Crippen LogP contribution is -2.66. The van der Waals surface area contributed by atoms with E-state index in [1.54, 1.807) is 6.08 Å². The van der Waals surface area contributed by atoms with Gasteiger partial charge in [0.25, 0.3) is 0 Å². The van der Waals surface area contributed by atoms with Gasteiger partial charge in [-0.2, -0.15) is 0 Å². The molecule has 3 aliphatic heterocycles. The molecule has 0 spiro atoms. The average molecular weight is 1510 g/mol. The first kappa shape index (κ1) is 97.1. The minimum absolute atomic E-state index is 0.222. The summed E-state index contributed by atoms with van der Waals surface area (Å²) in [6, 6.07) is -1.01. The summed E-state index contributed by atoms with van der Waals surface area (Å²) in [6.45, 7) is 1.61. The molecule has 0 aromatic carbocycles. The zero-order chi connectivity index (χ0) is 77.4. The molecular weight excluding hydrogens is 1360 g/mol. The zero-order valence-electron chi connectivity index (χ0n) is 65.8. The molecule has 0 aliphatic carbocycles. The molecule has 0 radical (unpaired) electrons. The highest BCUT2D eigenvalue weighted by Crippen LogP contribution is 2.33. The standard InChI is InChI=1S/C88H149NO18/c1-3-5-7-9-11-13-15-17-19-21-23-25-27-29-30-31-32-33-34-35-36-37-38-39-40-42-44-46-48-50-52-54-56-58-60-62-64-66-76(94)89-71(72(93)65-63-61-59-57-55-53-51-49-47-45-43-41-28-26-24-22-20-18-16-14-12-10-8-6-4-2)70-102-86-82(100)79(97)84(74(68-91)104-86)107-88-83(101)80(98)85(75(69-92)105-88)106-87-81(99)78(96)77(95)73(67-90)103-87/h5,7,11,13,17,19,23,25,29-30,32-33,35-36,38-39,47,49,55,57,63,65,71-75,77-88,90-93,95-101H,3-4,6,8-10,12,14-16,18,20-22,24,26-28,31,34,37,40-46,48,50-54,56,58-62,64,66-70H2,1-2H3,(H,89,94)/b7-5-,13-11-,19-17-,25-23-,30-29-,33-32-,36-35-,39-38-,49-47+,57-55+,65-63+. The van der Waals surface area contributed by atoms with Gasteiger partial charge in [0.05, 0.1) is 38.6 Å². The number of unbranched alkanes of at least 4 members (excludes halogenated alkanes) is 29. The third kappa shape index (κ3) is 45.9. The van der Waals surface area contributed by atoms with Crippen molar-refractivity contribution in [2.24, 2.45) is 0 Å². The Morgan fingerprint density at radius 1 is 0.346 bits per heavy atom. The number of aliphatic hydroxyl groups is 11. The van der Waals surface area contributed by atoms with Crippen LogP contribution in [0.1, 0.15) is 284 Å². The molecule has 17 unspecified atom stereocenters. The molecule has 3 aliphatic rings. The van der Waals surface area contributed by atoms with Crippen molar-refractivity contribution in [3.05, 3.63) is 134 Å². The Hall–Kier alpha value is -4.07. The molecule has 0 aromatic rings. The van der Waals surface area contributed by atoms with E-state index in [0.717, 1.165) is 109 Å². The number of ether oxygens (including phenoxy) is 6. The Morgan fingerprint density at radius 2 is 0.654 bits per heavy atom. The molecular formula is C88H149NO18. The Kier molecular flexibility index (Phi) is 60.4. The molecule has 614 valence electrons. The first-order valence-corrected chi connectivity index (χ1v) is 41.9. The van der Waals surface area contributed by atoms with Gasteiger partial charge in [-0.05, 0) is 109 Å². The van der Waals surface area contributed by atoms with E-state index in [4.69, 9.17) is 28.4 Å². The largest absolute Gasteiger partial charge is 0.394 e. The summed E-state index contributed by atoms with van der Waals surface area (Å²) in [5, 5.41) is 121. The first-order valence-electron chi connectivity index (χ1n) is 41.9. The number of allylic oxidation sites excluding steroid dienone is 21. The van der Waals surface area contributed by atoms with Crippen molar-refractivity contribution in [2.75, 3.05) is 26.4 Å². The van der Waals surface area contributed by atoms with Crippen LogP contribution in [0.4, 0.5) is 0 Å². The summed E-state index contributed by atoms with van der Waals surface area (Å²) in [6.07, 6.45) is 68.6. The minimum atomic E-state index is -1.99. The topological polar surface area (TPSA) is 307 Å². The lowest BCUT2D eigenvalue weighted by atomic mass is 9.96. The van der Waals surface area contributed by atoms with Crippen LogP contribution >= 0.6 is 0 Å². The number of rotatable bonds is 65. The summed E-state index contributed by atoms with van der Waals surface area (Å²) in [7, 11) is 0. The lowest BCUT2D eigenvalue weighted by Gasteiger charge is -2.48. The molecule has 12 N–H and O–H groups in total. The van der Waals surface area contributed by atoms with Gasteiger partial charge in [0, 0.05) is 6.42 Å². The van der Waals surface area contributed by atoms with Gasteiger partial charge >= 0.3 is 0 Å². The summed E-state index contributed by atoms with van der Waals surface area (Å²) < 4.78 is 34.4. The number of carbonyl (C=O) groups excluding carboxylic acids is 1. The molecule has 19 nitrogen and oxygen atoms in total. The van der Waals surface area contributed by atoms with Crippen LogP contribution in [0.5, 0.6) is 0 Å². The van der Waals surface area contributed by atoms with Gasteiger partial charge < -0.3 is 89.9 Å². The highest BCUT2D eigenvalue weighted by atomic mass is 16.8. The van der Waals surface area contributed by atoms with Gasteiger partial charge in [-0.1, -0.05) is 302 Å². The van der Waals surface area contributed by atoms with Crippen molar-refractivity contribution in [3.8, 4) is 0 Å². The van der Waals surface area contributed by atoms with Crippen molar-refractivity contribution in [1.29, 1.82) is 0 Å². The van der Waals surface area contributed by atoms with Gasteiger partial charge in [-0.25, -0.2) is 0 Å². The Labute approximate surface area is 645 Å². The van der Waals surface area contributed by atoms with Crippen molar-refractivity contribution in [3.63, 3.8) is 0 Å². The number of carbonyl (C=O) groups is 1. The Morgan fingerprint density at radius 3 is 1.05 bits per heavy atom. The summed E-state index contributed by atoms with van der Waals surface area (Å²) >= 11 is 0. The van der Waals surface area contributed by atoms with E-state index < -0.39 is 124 Å². The van der Waals surface area contributed by atoms with Gasteiger partial charge in [-0.3, -0.25) is 4.79 Å². The Balaban J connectivity index is 1.37. The molecule has 0 aromatic heterocycles. The maximum atomic E-state index is 13.5. The van der Waals surface area contributed by atoms with Crippen molar-refractivity contribution < 1.29 is 89.4 Å². The Bertz CT molecular complexity index is 2450. The van der Waals surface area contributed by atoms with E-state index in [9.17, 15) is 61.0 Å². The van der Waals surface area contributed by atoms with Crippen LogP contribution in [0, 0.1) is 0 Å². The van der Waals surface area contributed by atoms with Crippen LogP contribution in [0.2, 0.25) is 0 Å². The maximum absolute atomic E-state index is 13.5. The van der Waals surface area contributed by atoms with E-state index in [0.29, 0.717) is 12.8 Å². The smallest absolute Gasteiger partial charge is 0.220 e. The third-order valence-electron chi connectivity index (χ3n) is 19.9. The fourth-order valence-corrected chi connectivity index (χ4v) is 13.2. The van der Waals surface area contributed by atoms with E-state index >= 15 is 0 Å². The summed E-state index contributed by atoms with van der Waals surface area (Å²) in [5.74, 6) is -0.295. The molecule has 0 bridgehead atoms. The molecule has 19 heteroatoms. The van der Waals surface area contributed by atoms with E-state index in [1.807, 2.05) is 6.08 Å². The highest BCUT2D eigenvalue weighted by Gasteiger charge is 2.54. The van der Waals surface area contributed by atoms with Crippen LogP contribution in [-0.4, -0.2) is 193 Å². The van der Waals surface area contributed by atoms with Crippen LogP contribution in [0.15, 0.2) is 134 Å². The monoisotopic (exact) mass is 1510 g/mol. The number of amides is 1. The summed E-state index contributed by atoms with van der Waals surface area (Å²) in [5.41, 5.74) is 0. The molecule has 3 fully saturated rings. The van der Waals surface area contributed by atoms with E-state index in [2.05, 4.69) is 141 Å². The van der Waals surface area contributed by atoms with E-state index in [-0.39, 0.29) is 18.9 Å². The van der Waals surface area contributed by atoms with Gasteiger partial charge in [0.1, 0.15) is 73.2 Å². The normalized spacial score (nSPS) is 26.2. The lowest BCUT2D eigenvalue weighted by molar-refractivity contribution is -0.379. The molecule has 3 saturated heterocycles. The predicted molar refractivity (Wildman–Crippen MR) is 429 cm³/mol. The fourth-order valence-electron chi connectivity index (χ4n) is 13.2. The number of hydrogen-bond donors (Lipinski definition) is 12. The molecule has 1 amide bonds. The minimum Gasteiger partial charge on any atom is -0.394 e. The zero-order valence-corrected chi connectivity index (χ0v) is 65.8. The number of aliphatic hydroxyl groups excluding tert-OH is 11. The van der Waals surface area contributed by atoms with Crippen LogP contribution in [-0.2, 0) is 33.2 Å². The van der Waals surface area contributed by atoms with E-state index in [1.165, 1.54) is 141 Å². The van der Waals surface area contributed by atoms with Crippen LogP contribution < -0.4 is 5.32 Å². The molecule has 17 atom stereocenters. The predicted octanol–water partition coefficient (Wildman–Crippen LogP) is 14.8. The number of nitrogens with one attached hydrogen (secondary N) is 1. The average Bonchev–Trinajstić information content (AvgIpc) is 0.781. The number of hydrogen-bond acceptors (Lipinski definition) is 18. The quantitative estimate of drug-likeness (QED) is 0.0199. The second-order valence-electron chi connectivity index (χ2n) is 29.2. The fraction of sp³-hybridized carbons (Fsp3) is 0.739. The van der Waals surface area contributed by atoms with Crippen molar-refractivity contribution in [1.82, 2.24) is 5.32 Å². The van der Waals surface area contributed by atoms with Crippen LogP contribution in [0.3, 0.4) is 0 Å². The second-order valence-corrected chi connectivity index (χ2v) is 29.2. The van der Waals surface area contributed by atoms with Gasteiger partial charge in [-0.15, -0.1) is 0 Å². The first-order chi connectivity index (χ1) is 52.3. The second kappa shape index (κ2) is 66.5. The van der Waals surface area contributed by atoms with Crippen molar-refractivity contribution in [2.45, 2.75) is 388 Å². The van der Waals surface area contributed by atoms with Crippen molar-refractivity contribution >= 4 is 5.91 Å². The molecule has 3 heterocycles. The molecule has 107 heavy (non-hydrogen) atoms. The molecule has 3 rings (SSSR count).